The van der Waals surface area contributed by atoms with Crippen molar-refractivity contribution in [3.05, 3.63) is 208 Å². The number of carbonyl (C=O) groups is 4. The van der Waals surface area contributed by atoms with Gasteiger partial charge in [0.1, 0.15) is 0 Å². The lowest BCUT2D eigenvalue weighted by Crippen LogP contribution is -2.20. The molecule has 2 aliphatic rings. The van der Waals surface area contributed by atoms with Crippen LogP contribution in [0.15, 0.2) is 198 Å². The molecule has 7 heteroatoms. The minimum absolute atomic E-state index is 0.116. The van der Waals surface area contributed by atoms with Gasteiger partial charge in [-0.05, 0) is 97.1 Å². The van der Waals surface area contributed by atoms with Crippen molar-refractivity contribution in [1.82, 2.24) is 0 Å². The summed E-state index contributed by atoms with van der Waals surface area (Å²) in [6, 6.07) is 52.5. The Morgan fingerprint density at radius 3 is 0.981 bits per heavy atom. The van der Waals surface area contributed by atoms with Gasteiger partial charge in [0.05, 0.1) is 10.9 Å². The van der Waals surface area contributed by atoms with Crippen LogP contribution in [0.25, 0.3) is 0 Å². The highest BCUT2D eigenvalue weighted by atomic mass is 32.2. The second-order valence-corrected chi connectivity index (χ2v) is 16.9. The SMILES string of the molecule is O=C1c2ccccc2C(=O)c2cc(Sc3ccc([S+](c4ccccc4)c4ccc(Sc5ccc6c(c5)C(=O)c5ccccc5C6=O)cc4)cc3)ccc21. The van der Waals surface area contributed by atoms with E-state index in [1.54, 1.807) is 84.2 Å². The minimum Gasteiger partial charge on any atom is -0.289 e. The van der Waals surface area contributed by atoms with Gasteiger partial charge < -0.3 is 0 Å². The summed E-state index contributed by atoms with van der Waals surface area (Å²) in [5.74, 6) is -0.473. The van der Waals surface area contributed by atoms with Crippen LogP contribution < -0.4 is 0 Å². The normalized spacial score (nSPS) is 13.0. The largest absolute Gasteiger partial charge is 0.289 e. The number of benzene rings is 7. The first-order chi connectivity index (χ1) is 25.9. The summed E-state index contributed by atoms with van der Waals surface area (Å²) in [4.78, 5) is 60.1. The van der Waals surface area contributed by atoms with Crippen LogP contribution in [0.4, 0.5) is 0 Å². The average Bonchev–Trinajstić information content (AvgIpc) is 3.21. The van der Waals surface area contributed by atoms with Gasteiger partial charge >= 0.3 is 0 Å². The van der Waals surface area contributed by atoms with Gasteiger partial charge in [-0.3, -0.25) is 19.2 Å². The molecule has 4 nitrogen and oxygen atoms in total. The third-order valence-electron chi connectivity index (χ3n) is 9.36. The van der Waals surface area contributed by atoms with Gasteiger partial charge in [0.15, 0.2) is 37.8 Å². The Kier molecular flexibility index (Phi) is 8.55. The van der Waals surface area contributed by atoms with Gasteiger partial charge in [-0.1, -0.05) is 90.3 Å². The molecule has 0 spiro atoms. The Balaban J connectivity index is 0.954. The second-order valence-electron chi connectivity index (χ2n) is 12.6. The van der Waals surface area contributed by atoms with Crippen LogP contribution in [0.1, 0.15) is 63.7 Å². The Bertz CT molecular complexity index is 2470. The van der Waals surface area contributed by atoms with Gasteiger partial charge in [0, 0.05) is 64.1 Å². The highest BCUT2D eigenvalue weighted by Gasteiger charge is 2.32. The van der Waals surface area contributed by atoms with E-state index in [2.05, 4.69) is 72.8 Å². The molecular weight excluding hydrogens is 713 g/mol. The molecule has 0 aliphatic heterocycles. The zero-order chi connectivity index (χ0) is 36.1. The van der Waals surface area contributed by atoms with E-state index in [1.807, 2.05) is 30.3 Å². The van der Waals surface area contributed by atoms with Crippen molar-refractivity contribution in [2.45, 2.75) is 34.3 Å². The topological polar surface area (TPSA) is 68.3 Å². The Labute approximate surface area is 317 Å². The van der Waals surface area contributed by atoms with E-state index in [0.717, 1.165) is 19.6 Å². The molecule has 0 fully saturated rings. The van der Waals surface area contributed by atoms with Crippen LogP contribution in [0.3, 0.4) is 0 Å². The molecular formula is C46H27O4S3+. The molecule has 53 heavy (non-hydrogen) atoms. The maximum absolute atomic E-state index is 13.3. The van der Waals surface area contributed by atoms with E-state index in [9.17, 15) is 19.2 Å². The molecule has 0 unspecified atom stereocenters. The van der Waals surface area contributed by atoms with E-state index in [0.29, 0.717) is 44.5 Å². The maximum atomic E-state index is 13.3. The van der Waals surface area contributed by atoms with Crippen molar-refractivity contribution < 1.29 is 19.2 Å². The van der Waals surface area contributed by atoms with E-state index in [1.165, 1.54) is 14.7 Å². The highest BCUT2D eigenvalue weighted by molar-refractivity contribution is 7.99. The second kappa shape index (κ2) is 13.7. The predicted octanol–water partition coefficient (Wildman–Crippen LogP) is 10.6. The van der Waals surface area contributed by atoms with E-state index >= 15 is 0 Å². The van der Waals surface area contributed by atoms with Crippen molar-refractivity contribution in [1.29, 1.82) is 0 Å². The number of fused-ring (bicyclic) bond motifs is 4. The van der Waals surface area contributed by atoms with Gasteiger partial charge in [0.2, 0.25) is 0 Å². The van der Waals surface area contributed by atoms with E-state index in [4.69, 9.17) is 0 Å². The zero-order valence-electron chi connectivity index (χ0n) is 27.9. The van der Waals surface area contributed by atoms with Gasteiger partial charge in [-0.15, -0.1) is 0 Å². The third kappa shape index (κ3) is 6.07. The highest BCUT2D eigenvalue weighted by Crippen LogP contribution is 2.38. The lowest BCUT2D eigenvalue weighted by Gasteiger charge is -2.18. The summed E-state index contributed by atoms with van der Waals surface area (Å²) in [7, 11) is -0.370. The Morgan fingerprint density at radius 2 is 0.585 bits per heavy atom. The fraction of sp³-hybridized carbons (Fsp3) is 0. The van der Waals surface area contributed by atoms with Gasteiger partial charge in [-0.25, -0.2) is 0 Å². The molecule has 0 bridgehead atoms. The van der Waals surface area contributed by atoms with Crippen LogP contribution in [0.2, 0.25) is 0 Å². The third-order valence-corrected chi connectivity index (χ3v) is 13.6. The first kappa shape index (κ1) is 33.1. The fourth-order valence-electron chi connectivity index (χ4n) is 6.81. The molecule has 0 saturated carbocycles. The predicted molar refractivity (Wildman–Crippen MR) is 209 cm³/mol. The number of rotatable bonds is 7. The number of ketones is 4. The first-order valence-corrected chi connectivity index (χ1v) is 19.8. The molecule has 7 aromatic rings. The molecule has 252 valence electrons. The summed E-state index contributed by atoms with van der Waals surface area (Å²) in [5.41, 5.74) is 3.62. The molecule has 0 heterocycles. The summed E-state index contributed by atoms with van der Waals surface area (Å²) in [6.07, 6.45) is 0. The lowest BCUT2D eigenvalue weighted by molar-refractivity contribution is 0.0979. The molecule has 0 N–H and O–H groups in total. The number of hydrogen-bond donors (Lipinski definition) is 0. The molecule has 0 radical (unpaired) electrons. The molecule has 0 saturated heterocycles. The molecule has 0 atom stereocenters. The molecule has 0 amide bonds. The smallest absolute Gasteiger partial charge is 0.194 e. The Hall–Kier alpha value is -5.73. The molecule has 0 aromatic heterocycles. The van der Waals surface area contributed by atoms with Crippen molar-refractivity contribution in [3.8, 4) is 0 Å². The molecule has 9 rings (SSSR count). The standard InChI is InChI=1S/C46H27O4S3/c47-43-35-10-4-6-12-37(35)45(49)41-26-30(18-24-39(41)43)51-28-14-20-33(21-15-28)53(32-8-2-1-3-9-32)34-22-16-29(17-23-34)52-31-19-25-40-42(27-31)46(50)38-13-7-5-11-36(38)44(40)48/h1-27H/q+1. The maximum Gasteiger partial charge on any atom is 0.194 e. The fourth-order valence-corrected chi connectivity index (χ4v) is 10.6. The van der Waals surface area contributed by atoms with Crippen molar-refractivity contribution in [2.24, 2.45) is 0 Å². The van der Waals surface area contributed by atoms with Crippen molar-refractivity contribution in [3.63, 3.8) is 0 Å². The molecule has 7 aromatic carbocycles. The van der Waals surface area contributed by atoms with Crippen LogP contribution in [-0.2, 0) is 10.9 Å². The zero-order valence-corrected chi connectivity index (χ0v) is 30.4. The van der Waals surface area contributed by atoms with Crippen LogP contribution in [0.5, 0.6) is 0 Å². The van der Waals surface area contributed by atoms with Crippen LogP contribution >= 0.6 is 23.5 Å². The monoisotopic (exact) mass is 739 g/mol. The van der Waals surface area contributed by atoms with E-state index < -0.39 is 0 Å². The van der Waals surface area contributed by atoms with Crippen LogP contribution in [-0.4, -0.2) is 23.1 Å². The summed E-state index contributed by atoms with van der Waals surface area (Å²) in [5, 5.41) is 0. The average molecular weight is 740 g/mol. The van der Waals surface area contributed by atoms with E-state index in [-0.39, 0.29) is 34.0 Å². The summed E-state index contributed by atoms with van der Waals surface area (Å²) in [6.45, 7) is 0. The minimum atomic E-state index is -0.370. The lowest BCUT2D eigenvalue weighted by atomic mass is 9.84. The van der Waals surface area contributed by atoms with Gasteiger partial charge in [-0.2, -0.15) is 0 Å². The van der Waals surface area contributed by atoms with Crippen molar-refractivity contribution in [2.75, 3.05) is 0 Å². The molecule has 2 aliphatic carbocycles. The van der Waals surface area contributed by atoms with Crippen molar-refractivity contribution >= 4 is 57.6 Å². The summed E-state index contributed by atoms with van der Waals surface area (Å²) < 4.78 is 0. The van der Waals surface area contributed by atoms with Gasteiger partial charge in [0.25, 0.3) is 0 Å². The van der Waals surface area contributed by atoms with Crippen LogP contribution in [0, 0.1) is 0 Å². The number of hydrogen-bond acceptors (Lipinski definition) is 6. The Morgan fingerprint density at radius 1 is 0.283 bits per heavy atom. The quantitative estimate of drug-likeness (QED) is 0.152. The summed E-state index contributed by atoms with van der Waals surface area (Å²) >= 11 is 3.12. The first-order valence-electron chi connectivity index (χ1n) is 16.9. The number of carbonyl (C=O) groups excluding carboxylic acids is 4.